The maximum Gasteiger partial charge on any atom is 0.274 e. The number of aryl methyl sites for hydroxylation is 2. The number of aromatic nitrogens is 2. The molecule has 0 spiro atoms. The molecule has 1 saturated heterocycles. The van der Waals surface area contributed by atoms with Crippen LogP contribution in [0.25, 0.3) is 0 Å². The van der Waals surface area contributed by atoms with E-state index in [0.717, 1.165) is 48.8 Å². The fourth-order valence-electron chi connectivity index (χ4n) is 3.67. The first kappa shape index (κ1) is 18.9. The molecule has 2 heterocycles. The van der Waals surface area contributed by atoms with Crippen LogP contribution in [0.15, 0.2) is 60.9 Å². The van der Waals surface area contributed by atoms with Crippen molar-refractivity contribution < 1.29 is 4.79 Å². The summed E-state index contributed by atoms with van der Waals surface area (Å²) in [6.07, 6.45) is 1.47. The van der Waals surface area contributed by atoms with Gasteiger partial charge in [0.25, 0.3) is 5.91 Å². The molecule has 2 aromatic carbocycles. The third kappa shape index (κ3) is 4.21. The topological polar surface area (TPSA) is 61.4 Å². The number of carbonyl (C=O) groups is 1. The number of para-hydroxylation sites is 2. The van der Waals surface area contributed by atoms with E-state index in [1.165, 1.54) is 12.0 Å². The highest BCUT2D eigenvalue weighted by molar-refractivity contribution is 6.04. The fourth-order valence-corrected chi connectivity index (χ4v) is 3.67. The van der Waals surface area contributed by atoms with E-state index in [2.05, 4.69) is 49.4 Å². The number of hydrogen-bond acceptors (Lipinski definition) is 5. The predicted octanol–water partition coefficient (Wildman–Crippen LogP) is 3.67. The summed E-state index contributed by atoms with van der Waals surface area (Å²) >= 11 is 0. The van der Waals surface area contributed by atoms with E-state index in [-0.39, 0.29) is 5.91 Å². The smallest absolute Gasteiger partial charge is 0.274 e. The Kier molecular flexibility index (Phi) is 5.42. The SMILES string of the molecule is Cc1cccc(C)c1NC(=O)c1cc(N2CCN(c3ccccc3)CC2)ncn1. The monoisotopic (exact) mass is 387 g/mol. The summed E-state index contributed by atoms with van der Waals surface area (Å²) in [5.74, 6) is 0.577. The van der Waals surface area contributed by atoms with Gasteiger partial charge >= 0.3 is 0 Å². The van der Waals surface area contributed by atoms with Crippen molar-refractivity contribution in [3.05, 3.63) is 77.7 Å². The number of nitrogens with one attached hydrogen (secondary N) is 1. The molecule has 1 amide bonds. The van der Waals surface area contributed by atoms with Gasteiger partial charge in [-0.25, -0.2) is 9.97 Å². The van der Waals surface area contributed by atoms with E-state index in [4.69, 9.17) is 0 Å². The van der Waals surface area contributed by atoms with E-state index in [0.29, 0.717) is 5.69 Å². The quantitative estimate of drug-likeness (QED) is 0.740. The van der Waals surface area contributed by atoms with Crippen LogP contribution in [0.1, 0.15) is 21.6 Å². The van der Waals surface area contributed by atoms with E-state index in [9.17, 15) is 4.79 Å². The van der Waals surface area contributed by atoms with Gasteiger partial charge in [0.1, 0.15) is 17.8 Å². The minimum atomic E-state index is -0.214. The predicted molar refractivity (Wildman–Crippen MR) is 117 cm³/mol. The number of nitrogens with zero attached hydrogens (tertiary/aromatic N) is 4. The maximum atomic E-state index is 12.8. The zero-order chi connectivity index (χ0) is 20.2. The van der Waals surface area contributed by atoms with Gasteiger partial charge in [0.2, 0.25) is 0 Å². The van der Waals surface area contributed by atoms with Gasteiger partial charge in [0.15, 0.2) is 0 Å². The summed E-state index contributed by atoms with van der Waals surface area (Å²) in [4.78, 5) is 25.9. The van der Waals surface area contributed by atoms with Crippen molar-refractivity contribution in [2.75, 3.05) is 41.3 Å². The van der Waals surface area contributed by atoms with Crippen molar-refractivity contribution in [2.24, 2.45) is 0 Å². The molecule has 29 heavy (non-hydrogen) atoms. The number of amides is 1. The number of hydrogen-bond donors (Lipinski definition) is 1. The Bertz CT molecular complexity index is 977. The van der Waals surface area contributed by atoms with Gasteiger partial charge in [-0.1, -0.05) is 36.4 Å². The molecule has 1 fully saturated rings. The normalized spacial score (nSPS) is 14.0. The Labute approximate surface area is 171 Å². The number of anilines is 3. The zero-order valence-electron chi connectivity index (χ0n) is 16.8. The second-order valence-electron chi connectivity index (χ2n) is 7.29. The highest BCUT2D eigenvalue weighted by Gasteiger charge is 2.20. The van der Waals surface area contributed by atoms with Gasteiger partial charge in [-0.2, -0.15) is 0 Å². The molecule has 148 valence electrons. The molecule has 1 aliphatic rings. The molecule has 1 aromatic heterocycles. The maximum absolute atomic E-state index is 12.8. The van der Waals surface area contributed by atoms with Crippen molar-refractivity contribution in [2.45, 2.75) is 13.8 Å². The van der Waals surface area contributed by atoms with Crippen molar-refractivity contribution in [3.8, 4) is 0 Å². The van der Waals surface area contributed by atoms with Crippen LogP contribution in [0.5, 0.6) is 0 Å². The molecule has 0 aliphatic carbocycles. The first-order valence-electron chi connectivity index (χ1n) is 9.86. The Morgan fingerprint density at radius 3 is 2.21 bits per heavy atom. The lowest BCUT2D eigenvalue weighted by Gasteiger charge is -2.36. The van der Waals surface area contributed by atoms with Gasteiger partial charge in [-0.05, 0) is 37.1 Å². The minimum Gasteiger partial charge on any atom is -0.368 e. The molecule has 3 aromatic rings. The first-order valence-corrected chi connectivity index (χ1v) is 9.86. The molecule has 0 bridgehead atoms. The minimum absolute atomic E-state index is 0.214. The van der Waals surface area contributed by atoms with Crippen LogP contribution in [-0.4, -0.2) is 42.1 Å². The molecule has 4 rings (SSSR count). The molecular formula is C23H25N5O. The van der Waals surface area contributed by atoms with E-state index >= 15 is 0 Å². The lowest BCUT2D eigenvalue weighted by atomic mass is 10.1. The van der Waals surface area contributed by atoms with Gasteiger partial charge in [-0.15, -0.1) is 0 Å². The van der Waals surface area contributed by atoms with E-state index < -0.39 is 0 Å². The van der Waals surface area contributed by atoms with Crippen molar-refractivity contribution in [1.82, 2.24) is 9.97 Å². The lowest BCUT2D eigenvalue weighted by Crippen LogP contribution is -2.46. The molecule has 0 radical (unpaired) electrons. The van der Waals surface area contributed by atoms with Crippen LogP contribution >= 0.6 is 0 Å². The number of rotatable bonds is 4. The average Bonchev–Trinajstić information content (AvgIpc) is 2.77. The van der Waals surface area contributed by atoms with Gasteiger partial charge in [0.05, 0.1) is 0 Å². The lowest BCUT2D eigenvalue weighted by molar-refractivity contribution is 0.102. The molecule has 6 nitrogen and oxygen atoms in total. The average molecular weight is 387 g/mol. The number of piperazine rings is 1. The number of carbonyl (C=O) groups excluding carboxylic acids is 1. The zero-order valence-corrected chi connectivity index (χ0v) is 16.8. The Morgan fingerprint density at radius 2 is 1.52 bits per heavy atom. The fraction of sp³-hybridized carbons (Fsp3) is 0.261. The van der Waals surface area contributed by atoms with Gasteiger partial charge < -0.3 is 15.1 Å². The molecule has 0 saturated carbocycles. The van der Waals surface area contributed by atoms with Gasteiger partial charge in [-0.3, -0.25) is 4.79 Å². The second-order valence-corrected chi connectivity index (χ2v) is 7.29. The first-order chi connectivity index (χ1) is 14.1. The summed E-state index contributed by atoms with van der Waals surface area (Å²) in [6.45, 7) is 7.50. The Balaban J connectivity index is 1.44. The van der Waals surface area contributed by atoms with Crippen LogP contribution < -0.4 is 15.1 Å². The highest BCUT2D eigenvalue weighted by atomic mass is 16.1. The summed E-state index contributed by atoms with van der Waals surface area (Å²) in [6, 6.07) is 18.2. The molecule has 0 unspecified atom stereocenters. The van der Waals surface area contributed by atoms with E-state index in [1.807, 2.05) is 38.1 Å². The van der Waals surface area contributed by atoms with Crippen molar-refractivity contribution >= 4 is 23.1 Å². The van der Waals surface area contributed by atoms with Crippen LogP contribution in [0, 0.1) is 13.8 Å². The van der Waals surface area contributed by atoms with Crippen LogP contribution in [0.4, 0.5) is 17.2 Å². The van der Waals surface area contributed by atoms with Gasteiger partial charge in [0, 0.05) is 43.6 Å². The molecule has 1 aliphatic heterocycles. The van der Waals surface area contributed by atoms with E-state index in [1.54, 1.807) is 6.07 Å². The van der Waals surface area contributed by atoms with Crippen LogP contribution in [-0.2, 0) is 0 Å². The summed E-state index contributed by atoms with van der Waals surface area (Å²) in [5.41, 5.74) is 4.52. The third-order valence-corrected chi connectivity index (χ3v) is 5.33. The summed E-state index contributed by atoms with van der Waals surface area (Å²) < 4.78 is 0. The van der Waals surface area contributed by atoms with Crippen molar-refractivity contribution in [3.63, 3.8) is 0 Å². The Hall–Kier alpha value is -3.41. The summed E-state index contributed by atoms with van der Waals surface area (Å²) in [5, 5.41) is 3.00. The summed E-state index contributed by atoms with van der Waals surface area (Å²) in [7, 11) is 0. The molecular weight excluding hydrogens is 362 g/mol. The molecule has 6 heteroatoms. The standard InChI is InChI=1S/C23H25N5O/c1-17-7-6-8-18(2)22(17)26-23(29)20-15-21(25-16-24-20)28-13-11-27(12-14-28)19-9-4-3-5-10-19/h3-10,15-16H,11-14H2,1-2H3,(H,26,29). The molecule has 0 atom stereocenters. The highest BCUT2D eigenvalue weighted by Crippen LogP contribution is 2.22. The molecule has 1 N–H and O–H groups in total. The second kappa shape index (κ2) is 8.31. The third-order valence-electron chi connectivity index (χ3n) is 5.33. The number of benzene rings is 2. The largest absolute Gasteiger partial charge is 0.368 e. The Morgan fingerprint density at radius 1 is 0.862 bits per heavy atom. The van der Waals surface area contributed by atoms with Crippen LogP contribution in [0.3, 0.4) is 0 Å². The van der Waals surface area contributed by atoms with Crippen molar-refractivity contribution in [1.29, 1.82) is 0 Å². The van der Waals surface area contributed by atoms with Crippen LogP contribution in [0.2, 0.25) is 0 Å².